The van der Waals surface area contributed by atoms with Crippen molar-refractivity contribution >= 4 is 11.4 Å². The smallest absolute Gasteiger partial charge is 0.172 e. The van der Waals surface area contributed by atoms with E-state index in [1.54, 1.807) is 13.8 Å². The van der Waals surface area contributed by atoms with Crippen LogP contribution >= 0.6 is 0 Å². The highest BCUT2D eigenvalue weighted by Crippen LogP contribution is 2.35. The number of phenolic OH excluding ortho intramolecular Hbond substituents is 2. The lowest BCUT2D eigenvalue weighted by atomic mass is 9.85. The summed E-state index contributed by atoms with van der Waals surface area (Å²) in [5.74, 6) is -2.03. The summed E-state index contributed by atoms with van der Waals surface area (Å²) in [4.78, 5) is 12.4. The Balaban J connectivity index is 3.42. The highest BCUT2D eigenvalue weighted by Gasteiger charge is 2.31. The minimum Gasteiger partial charge on any atom is -0.504 e. The summed E-state index contributed by atoms with van der Waals surface area (Å²) >= 11 is 0. The number of aliphatic hydroxyl groups is 1. The van der Waals surface area contributed by atoms with E-state index >= 15 is 0 Å². The molecule has 0 amide bonds. The fraction of sp³-hybridized carbons (Fsp3) is 0.375. The van der Waals surface area contributed by atoms with Crippen LogP contribution < -0.4 is 0 Å². The van der Waals surface area contributed by atoms with Crippen LogP contribution in [0.1, 0.15) is 43.6 Å². The summed E-state index contributed by atoms with van der Waals surface area (Å²) in [6, 6.07) is 2.81. The van der Waals surface area contributed by atoms with Crippen LogP contribution in [0.5, 0.6) is 11.5 Å². The molecule has 4 heteroatoms. The van der Waals surface area contributed by atoms with Crippen LogP contribution in [0.2, 0.25) is 0 Å². The van der Waals surface area contributed by atoms with Crippen LogP contribution in [-0.4, -0.2) is 26.7 Å². The third-order valence-electron chi connectivity index (χ3n) is 3.51. The van der Waals surface area contributed by atoms with E-state index in [9.17, 15) is 20.1 Å². The number of carbonyl (C=O) groups is 1. The number of allylic oxidation sites excluding steroid dienone is 1. The number of Topliss-reactive ketones (excluding diaryl/α,β-unsaturated/α-hetero) is 1. The summed E-state index contributed by atoms with van der Waals surface area (Å²) in [7, 11) is 0. The molecule has 0 saturated carbocycles. The van der Waals surface area contributed by atoms with Crippen LogP contribution in [0.4, 0.5) is 0 Å². The van der Waals surface area contributed by atoms with Crippen molar-refractivity contribution in [2.75, 3.05) is 0 Å². The Hall–Kier alpha value is -2.03. The second-order valence-corrected chi connectivity index (χ2v) is 5.43. The van der Waals surface area contributed by atoms with Gasteiger partial charge in [0.1, 0.15) is 0 Å². The van der Waals surface area contributed by atoms with Gasteiger partial charge in [0, 0.05) is 5.92 Å². The SMILES string of the molecule is C=C=C(C)c1cc(O)c(O)c(C(=O)C(C)C(C)(C)O)c1. The van der Waals surface area contributed by atoms with Gasteiger partial charge in [-0.2, -0.15) is 0 Å². The second kappa shape index (κ2) is 5.53. The topological polar surface area (TPSA) is 77.8 Å². The number of aromatic hydroxyl groups is 2. The molecule has 0 aliphatic carbocycles. The minimum absolute atomic E-state index is 0.0239. The van der Waals surface area contributed by atoms with Gasteiger partial charge in [0.05, 0.1) is 11.2 Å². The molecule has 4 nitrogen and oxygen atoms in total. The van der Waals surface area contributed by atoms with Crippen LogP contribution in [0.25, 0.3) is 5.57 Å². The third kappa shape index (κ3) is 3.10. The monoisotopic (exact) mass is 276 g/mol. The van der Waals surface area contributed by atoms with Crippen LogP contribution in [-0.2, 0) is 0 Å². The molecular formula is C16H20O4. The van der Waals surface area contributed by atoms with E-state index in [1.807, 2.05) is 0 Å². The summed E-state index contributed by atoms with van der Waals surface area (Å²) in [5, 5.41) is 29.5. The van der Waals surface area contributed by atoms with E-state index in [4.69, 9.17) is 0 Å². The van der Waals surface area contributed by atoms with Crippen molar-refractivity contribution in [1.29, 1.82) is 0 Å². The zero-order chi connectivity index (χ0) is 15.7. The van der Waals surface area contributed by atoms with Gasteiger partial charge >= 0.3 is 0 Å². The molecule has 0 aromatic heterocycles. The molecular weight excluding hydrogens is 256 g/mol. The zero-order valence-electron chi connectivity index (χ0n) is 12.2. The number of benzene rings is 1. The van der Waals surface area contributed by atoms with E-state index in [1.165, 1.54) is 26.0 Å². The van der Waals surface area contributed by atoms with Crippen molar-refractivity contribution < 1.29 is 20.1 Å². The molecule has 0 aliphatic heterocycles. The zero-order valence-corrected chi connectivity index (χ0v) is 12.2. The fourth-order valence-electron chi connectivity index (χ4n) is 1.68. The molecule has 0 saturated heterocycles. The molecule has 0 heterocycles. The van der Waals surface area contributed by atoms with Gasteiger partial charge in [0.2, 0.25) is 0 Å². The molecule has 108 valence electrons. The number of rotatable bonds is 4. The van der Waals surface area contributed by atoms with Crippen molar-refractivity contribution in [2.45, 2.75) is 33.3 Å². The van der Waals surface area contributed by atoms with E-state index in [0.717, 1.165) is 0 Å². The standard InChI is InChI=1S/C16H20O4/c1-6-9(2)11-7-12(15(19)13(17)8-11)14(18)10(3)16(4,5)20/h7-8,10,17,19-20H,1H2,2-5H3. The summed E-state index contributed by atoms with van der Waals surface area (Å²) < 4.78 is 0. The number of carbonyl (C=O) groups excluding carboxylic acids is 1. The maximum Gasteiger partial charge on any atom is 0.172 e. The van der Waals surface area contributed by atoms with Gasteiger partial charge in [-0.15, -0.1) is 5.73 Å². The van der Waals surface area contributed by atoms with Gasteiger partial charge in [-0.25, -0.2) is 0 Å². The largest absolute Gasteiger partial charge is 0.504 e. The van der Waals surface area contributed by atoms with Gasteiger partial charge in [-0.05, 0) is 44.0 Å². The lowest BCUT2D eigenvalue weighted by Gasteiger charge is -2.25. The molecule has 1 atom stereocenters. The fourth-order valence-corrected chi connectivity index (χ4v) is 1.68. The minimum atomic E-state index is -1.22. The highest BCUT2D eigenvalue weighted by atomic mass is 16.3. The summed E-state index contributed by atoms with van der Waals surface area (Å²) in [6.45, 7) is 9.84. The molecule has 1 rings (SSSR count). The number of ketones is 1. The first-order valence-electron chi connectivity index (χ1n) is 6.29. The van der Waals surface area contributed by atoms with Crippen molar-refractivity contribution in [3.8, 4) is 11.5 Å². The quantitative estimate of drug-likeness (QED) is 0.449. The molecule has 0 bridgehead atoms. The Morgan fingerprint density at radius 2 is 1.90 bits per heavy atom. The number of hydrogen-bond acceptors (Lipinski definition) is 4. The first-order valence-corrected chi connectivity index (χ1v) is 6.29. The Kier molecular flexibility index (Phi) is 4.43. The van der Waals surface area contributed by atoms with Crippen molar-refractivity contribution in [3.05, 3.63) is 35.6 Å². The molecule has 1 aromatic carbocycles. The maximum atomic E-state index is 12.4. The van der Waals surface area contributed by atoms with Gasteiger partial charge in [0.25, 0.3) is 0 Å². The summed E-state index contributed by atoms with van der Waals surface area (Å²) in [5.41, 5.74) is 2.61. The van der Waals surface area contributed by atoms with E-state index in [0.29, 0.717) is 11.1 Å². The van der Waals surface area contributed by atoms with Crippen LogP contribution in [0, 0.1) is 5.92 Å². The highest BCUT2D eigenvalue weighted by molar-refractivity contribution is 6.02. The summed E-state index contributed by atoms with van der Waals surface area (Å²) in [6.07, 6.45) is 0. The predicted molar refractivity (Wildman–Crippen MR) is 77.8 cm³/mol. The first kappa shape index (κ1) is 16.0. The van der Waals surface area contributed by atoms with Gasteiger partial charge in [-0.1, -0.05) is 13.5 Å². The van der Waals surface area contributed by atoms with Crippen molar-refractivity contribution in [2.24, 2.45) is 5.92 Å². The Labute approximate surface area is 118 Å². The van der Waals surface area contributed by atoms with Crippen LogP contribution in [0.15, 0.2) is 24.4 Å². The molecule has 0 radical (unpaired) electrons. The molecule has 0 aliphatic rings. The van der Waals surface area contributed by atoms with Gasteiger partial charge in [-0.3, -0.25) is 4.79 Å². The molecule has 0 fully saturated rings. The Morgan fingerprint density at radius 3 is 2.35 bits per heavy atom. The predicted octanol–water partition coefficient (Wildman–Crippen LogP) is 2.88. The average Bonchev–Trinajstić information content (AvgIpc) is 2.37. The van der Waals surface area contributed by atoms with Crippen molar-refractivity contribution in [3.63, 3.8) is 0 Å². The van der Waals surface area contributed by atoms with Crippen LogP contribution in [0.3, 0.4) is 0 Å². The normalized spacial score (nSPS) is 12.7. The maximum absolute atomic E-state index is 12.4. The molecule has 3 N–H and O–H groups in total. The average molecular weight is 276 g/mol. The van der Waals surface area contributed by atoms with E-state index < -0.39 is 23.1 Å². The molecule has 1 unspecified atom stereocenters. The van der Waals surface area contributed by atoms with E-state index in [-0.39, 0.29) is 11.3 Å². The second-order valence-electron chi connectivity index (χ2n) is 5.43. The number of hydrogen-bond donors (Lipinski definition) is 3. The third-order valence-corrected chi connectivity index (χ3v) is 3.51. The lowest BCUT2D eigenvalue weighted by molar-refractivity contribution is 0.0251. The Morgan fingerprint density at radius 1 is 1.35 bits per heavy atom. The first-order chi connectivity index (χ1) is 9.09. The van der Waals surface area contributed by atoms with Gasteiger partial charge < -0.3 is 15.3 Å². The van der Waals surface area contributed by atoms with Crippen molar-refractivity contribution in [1.82, 2.24) is 0 Å². The lowest BCUT2D eigenvalue weighted by Crippen LogP contribution is -2.34. The van der Waals surface area contributed by atoms with Gasteiger partial charge in [0.15, 0.2) is 17.3 Å². The molecule has 0 spiro atoms. The Bertz CT molecular complexity index is 587. The molecule has 20 heavy (non-hydrogen) atoms. The number of phenols is 2. The van der Waals surface area contributed by atoms with E-state index in [2.05, 4.69) is 12.3 Å². The molecule has 1 aromatic rings.